The molecule has 2 saturated heterocycles. The van der Waals surface area contributed by atoms with Gasteiger partial charge in [-0.3, -0.25) is 4.79 Å². The Balaban J connectivity index is 0.000000449. The summed E-state index contributed by atoms with van der Waals surface area (Å²) in [4.78, 5) is 10.1. The standard InChI is InChI=1S/C22H25ClF2O6.C5H9NO2/c23-16-6-5-14(21-20(29)19(28)18(27)17(11-26)31-21)10-15(16)9-13-3-1-12(2-4-13)7-8-30-22(24)25;7-5(8)4-2-1-3-6-4/h1-6,10,17-22,26-29H,7-9,11H2;4,6H,1-3H2,(H,7,8)/t17-,18-,19+,20-,21+;4-/m10/s1. The van der Waals surface area contributed by atoms with Gasteiger partial charge in [0, 0.05) is 5.02 Å². The Hall–Kier alpha value is -2.22. The van der Waals surface area contributed by atoms with E-state index in [9.17, 15) is 34.0 Å². The minimum absolute atomic E-state index is 0.0655. The molecule has 216 valence electrons. The SMILES string of the molecule is O=C(O)[C@@H]1CCCN1.OC[C@H]1O[C@@H](c2ccc(Cl)c(Cc3ccc(CCOC(F)F)cc3)c2)[C@H](O)[C@@H](O)[C@@H]1O. The fourth-order valence-corrected chi connectivity index (χ4v) is 4.67. The number of nitrogens with one attached hydrogen (secondary N) is 1. The molecule has 9 nitrogen and oxygen atoms in total. The molecule has 6 N–H and O–H groups in total. The smallest absolute Gasteiger partial charge is 0.345 e. The molecule has 12 heteroatoms. The summed E-state index contributed by atoms with van der Waals surface area (Å²) in [6, 6.07) is 12.2. The Kier molecular flexibility index (Phi) is 12.0. The largest absolute Gasteiger partial charge is 0.480 e. The van der Waals surface area contributed by atoms with Crippen LogP contribution in [0.5, 0.6) is 0 Å². The van der Waals surface area contributed by atoms with Crippen LogP contribution in [-0.2, 0) is 27.1 Å². The minimum atomic E-state index is -2.78. The van der Waals surface area contributed by atoms with Crippen LogP contribution in [0.4, 0.5) is 8.78 Å². The third-order valence-corrected chi connectivity index (χ3v) is 7.07. The zero-order chi connectivity index (χ0) is 28.5. The molecule has 0 radical (unpaired) electrons. The fraction of sp³-hybridized carbons (Fsp3) is 0.519. The number of carboxylic acids is 1. The molecule has 0 aliphatic carbocycles. The molecule has 2 aromatic rings. The first kappa shape index (κ1) is 31.3. The highest BCUT2D eigenvalue weighted by molar-refractivity contribution is 6.31. The second kappa shape index (κ2) is 15.0. The van der Waals surface area contributed by atoms with Gasteiger partial charge in [-0.1, -0.05) is 48.0 Å². The van der Waals surface area contributed by atoms with Crippen LogP contribution in [0, 0.1) is 0 Å². The van der Waals surface area contributed by atoms with Crippen molar-refractivity contribution in [2.45, 2.75) is 68.9 Å². The molecule has 2 fully saturated rings. The Morgan fingerprint density at radius 3 is 2.33 bits per heavy atom. The Morgan fingerprint density at radius 2 is 1.77 bits per heavy atom. The van der Waals surface area contributed by atoms with Gasteiger partial charge in [0.25, 0.3) is 0 Å². The normalized spacial score (nSPS) is 26.8. The Morgan fingerprint density at radius 1 is 1.08 bits per heavy atom. The third-order valence-electron chi connectivity index (χ3n) is 6.70. The quantitative estimate of drug-likeness (QED) is 0.265. The van der Waals surface area contributed by atoms with Crippen LogP contribution in [0.15, 0.2) is 42.5 Å². The molecule has 2 aliphatic rings. The van der Waals surface area contributed by atoms with Crippen molar-refractivity contribution >= 4 is 17.6 Å². The number of aliphatic carboxylic acids is 1. The van der Waals surface area contributed by atoms with Gasteiger partial charge in [0.2, 0.25) is 0 Å². The number of aliphatic hydroxyl groups is 4. The van der Waals surface area contributed by atoms with Crippen molar-refractivity contribution in [3.8, 4) is 0 Å². The van der Waals surface area contributed by atoms with Crippen molar-refractivity contribution in [1.82, 2.24) is 5.32 Å². The van der Waals surface area contributed by atoms with Crippen molar-refractivity contribution < 1.29 is 48.6 Å². The van der Waals surface area contributed by atoms with Gasteiger partial charge in [-0.05, 0) is 60.5 Å². The van der Waals surface area contributed by atoms with Gasteiger partial charge in [-0.15, -0.1) is 0 Å². The van der Waals surface area contributed by atoms with Gasteiger partial charge in [0.15, 0.2) is 0 Å². The maximum absolute atomic E-state index is 12.1. The minimum Gasteiger partial charge on any atom is -0.480 e. The first-order chi connectivity index (χ1) is 18.6. The number of ether oxygens (including phenoxy) is 2. The van der Waals surface area contributed by atoms with Crippen LogP contribution in [0.1, 0.15) is 41.2 Å². The summed E-state index contributed by atoms with van der Waals surface area (Å²) in [6.45, 7) is -2.49. The highest BCUT2D eigenvalue weighted by Crippen LogP contribution is 2.34. The van der Waals surface area contributed by atoms with Crippen molar-refractivity contribution in [3.63, 3.8) is 0 Å². The van der Waals surface area contributed by atoms with Gasteiger partial charge >= 0.3 is 12.6 Å². The van der Waals surface area contributed by atoms with Crippen molar-refractivity contribution in [3.05, 3.63) is 69.7 Å². The molecule has 6 atom stereocenters. The van der Waals surface area contributed by atoms with E-state index in [0.29, 0.717) is 23.4 Å². The number of benzene rings is 2. The summed E-state index contributed by atoms with van der Waals surface area (Å²) < 4.78 is 34.0. The molecular weight excluding hydrogens is 540 g/mol. The van der Waals surface area contributed by atoms with E-state index >= 15 is 0 Å². The molecule has 39 heavy (non-hydrogen) atoms. The van der Waals surface area contributed by atoms with Gasteiger partial charge in [-0.25, -0.2) is 0 Å². The number of rotatable bonds is 9. The molecule has 0 bridgehead atoms. The maximum Gasteiger partial charge on any atom is 0.345 e. The lowest BCUT2D eigenvalue weighted by Gasteiger charge is -2.40. The van der Waals surface area contributed by atoms with E-state index in [-0.39, 0.29) is 12.6 Å². The van der Waals surface area contributed by atoms with Gasteiger partial charge in [0.05, 0.1) is 13.2 Å². The number of alkyl halides is 2. The number of hydrogen-bond donors (Lipinski definition) is 6. The summed E-state index contributed by atoms with van der Waals surface area (Å²) >= 11 is 6.34. The number of hydrogen-bond acceptors (Lipinski definition) is 8. The van der Waals surface area contributed by atoms with E-state index in [1.807, 2.05) is 24.3 Å². The van der Waals surface area contributed by atoms with Crippen LogP contribution < -0.4 is 5.32 Å². The molecular formula is C27H34ClF2NO8. The lowest BCUT2D eigenvalue weighted by molar-refractivity contribution is -0.231. The van der Waals surface area contributed by atoms with Crippen LogP contribution in [0.25, 0.3) is 0 Å². The van der Waals surface area contributed by atoms with Gasteiger partial charge in [-0.2, -0.15) is 8.78 Å². The summed E-state index contributed by atoms with van der Waals surface area (Å²) in [5, 5.41) is 51.4. The predicted molar refractivity (Wildman–Crippen MR) is 138 cm³/mol. The topological polar surface area (TPSA) is 149 Å². The third kappa shape index (κ3) is 8.89. The highest BCUT2D eigenvalue weighted by atomic mass is 35.5. The number of halogens is 3. The summed E-state index contributed by atoms with van der Waals surface area (Å²) in [5.41, 5.74) is 3.11. The zero-order valence-corrected chi connectivity index (χ0v) is 21.9. The lowest BCUT2D eigenvalue weighted by Crippen LogP contribution is -2.55. The second-order valence-corrected chi connectivity index (χ2v) is 9.87. The molecule has 0 unspecified atom stereocenters. The maximum atomic E-state index is 12.1. The predicted octanol–water partition coefficient (Wildman–Crippen LogP) is 2.05. The monoisotopic (exact) mass is 573 g/mol. The number of aliphatic hydroxyl groups excluding tert-OH is 4. The van der Waals surface area contributed by atoms with Gasteiger partial charge in [0.1, 0.15) is 36.6 Å². The van der Waals surface area contributed by atoms with E-state index in [1.54, 1.807) is 18.2 Å². The van der Waals surface area contributed by atoms with Crippen LogP contribution >= 0.6 is 11.6 Å². The van der Waals surface area contributed by atoms with Crippen molar-refractivity contribution in [2.24, 2.45) is 0 Å². The first-order valence-electron chi connectivity index (χ1n) is 12.6. The number of carboxylic acid groups (broad SMARTS) is 1. The molecule has 0 saturated carbocycles. The lowest BCUT2D eigenvalue weighted by atomic mass is 9.90. The summed E-state index contributed by atoms with van der Waals surface area (Å²) in [6.07, 6.45) is -3.57. The van der Waals surface area contributed by atoms with Crippen LogP contribution in [0.3, 0.4) is 0 Å². The van der Waals surface area contributed by atoms with Crippen molar-refractivity contribution in [2.75, 3.05) is 19.8 Å². The summed E-state index contributed by atoms with van der Waals surface area (Å²) in [7, 11) is 0. The fourth-order valence-electron chi connectivity index (χ4n) is 4.49. The van der Waals surface area contributed by atoms with E-state index < -0.39 is 49.7 Å². The second-order valence-electron chi connectivity index (χ2n) is 9.46. The Labute approximate surface area is 230 Å². The van der Waals surface area contributed by atoms with E-state index in [4.69, 9.17) is 21.4 Å². The van der Waals surface area contributed by atoms with Crippen molar-refractivity contribution in [1.29, 1.82) is 0 Å². The zero-order valence-electron chi connectivity index (χ0n) is 21.1. The number of carbonyl (C=O) groups is 1. The molecule has 2 aliphatic heterocycles. The van der Waals surface area contributed by atoms with E-state index in [2.05, 4.69) is 10.1 Å². The summed E-state index contributed by atoms with van der Waals surface area (Å²) in [5.74, 6) is -0.720. The highest BCUT2D eigenvalue weighted by Gasteiger charge is 2.44. The molecule has 0 spiro atoms. The molecule has 2 aromatic carbocycles. The van der Waals surface area contributed by atoms with Crippen LogP contribution in [0.2, 0.25) is 5.02 Å². The molecule has 2 heterocycles. The van der Waals surface area contributed by atoms with E-state index in [1.165, 1.54) is 0 Å². The molecule has 0 amide bonds. The van der Waals surface area contributed by atoms with Crippen LogP contribution in [-0.4, -0.2) is 88.3 Å². The average molecular weight is 574 g/mol. The Bertz CT molecular complexity index is 1050. The van der Waals surface area contributed by atoms with Gasteiger partial charge < -0.3 is 40.3 Å². The first-order valence-corrected chi connectivity index (χ1v) is 13.0. The molecule has 0 aromatic heterocycles. The molecule has 4 rings (SSSR count). The van der Waals surface area contributed by atoms with E-state index in [0.717, 1.165) is 36.1 Å². The average Bonchev–Trinajstić information content (AvgIpc) is 3.46.